The lowest BCUT2D eigenvalue weighted by molar-refractivity contribution is -0.138. The van der Waals surface area contributed by atoms with Gasteiger partial charge in [-0.1, -0.05) is 18.2 Å². The predicted octanol–water partition coefficient (Wildman–Crippen LogP) is 1.73. The molecule has 2 aromatic rings. The monoisotopic (exact) mass is 236 g/mol. The molecule has 0 aliphatic rings. The first-order valence-electron chi connectivity index (χ1n) is 4.87. The Labute approximate surface area is 96.7 Å². The molecule has 4 nitrogen and oxygen atoms in total. The van der Waals surface area contributed by atoms with Gasteiger partial charge in [-0.15, -0.1) is 11.3 Å². The van der Waals surface area contributed by atoms with Crippen LogP contribution in [0.5, 0.6) is 0 Å². The second-order valence-electron chi connectivity index (χ2n) is 3.47. The minimum Gasteiger partial charge on any atom is -0.480 e. The number of aliphatic carboxylic acids is 1. The molecule has 0 aliphatic heterocycles. The first-order valence-corrected chi connectivity index (χ1v) is 5.75. The van der Waals surface area contributed by atoms with Gasteiger partial charge in [-0.2, -0.15) is 0 Å². The van der Waals surface area contributed by atoms with E-state index in [0.29, 0.717) is 0 Å². The fourth-order valence-electron chi connectivity index (χ4n) is 1.42. The number of carbonyl (C=O) groups is 1. The number of hydrogen-bond acceptors (Lipinski definition) is 4. The van der Waals surface area contributed by atoms with Gasteiger partial charge in [0, 0.05) is 22.0 Å². The second kappa shape index (κ2) is 4.51. The average Bonchev–Trinajstić information content (AvgIpc) is 2.69. The number of benzene rings is 1. The van der Waals surface area contributed by atoms with Crippen molar-refractivity contribution in [3.8, 4) is 0 Å². The summed E-state index contributed by atoms with van der Waals surface area (Å²) in [7, 11) is 0. The van der Waals surface area contributed by atoms with E-state index in [4.69, 9.17) is 10.8 Å². The molecular formula is C11H12N2O2S. The third-order valence-electron chi connectivity index (χ3n) is 2.31. The number of nitrogens with two attached hydrogens (primary N) is 1. The van der Waals surface area contributed by atoms with Gasteiger partial charge in [-0.05, 0) is 6.07 Å². The summed E-state index contributed by atoms with van der Waals surface area (Å²) in [5.74, 6) is -0.993. The van der Waals surface area contributed by atoms with E-state index in [1.54, 1.807) is 11.3 Å². The summed E-state index contributed by atoms with van der Waals surface area (Å²) in [5.41, 5.74) is 6.36. The summed E-state index contributed by atoms with van der Waals surface area (Å²) in [6, 6.07) is 7.09. The number of hydrogen-bond donors (Lipinski definition) is 3. The Morgan fingerprint density at radius 2 is 2.25 bits per heavy atom. The lowest BCUT2D eigenvalue weighted by Crippen LogP contribution is -2.36. The molecule has 84 valence electrons. The van der Waals surface area contributed by atoms with Crippen LogP contribution in [0.4, 0.5) is 5.69 Å². The molecule has 4 N–H and O–H groups in total. The molecular weight excluding hydrogens is 224 g/mol. The highest BCUT2D eigenvalue weighted by Crippen LogP contribution is 2.29. The molecule has 16 heavy (non-hydrogen) atoms. The average molecular weight is 236 g/mol. The minimum atomic E-state index is -0.993. The molecule has 0 spiro atoms. The second-order valence-corrected chi connectivity index (χ2v) is 4.38. The fraction of sp³-hybridized carbons (Fsp3) is 0.182. The highest BCUT2D eigenvalue weighted by Gasteiger charge is 2.11. The van der Waals surface area contributed by atoms with Crippen molar-refractivity contribution >= 4 is 33.1 Å². The van der Waals surface area contributed by atoms with Crippen LogP contribution >= 0.6 is 11.3 Å². The maximum atomic E-state index is 10.6. The van der Waals surface area contributed by atoms with Crippen molar-refractivity contribution in [3.63, 3.8) is 0 Å². The number of carboxylic acid groups (broad SMARTS) is 1. The summed E-state index contributed by atoms with van der Waals surface area (Å²) in [6.07, 6.45) is 0. The van der Waals surface area contributed by atoms with Crippen LogP contribution in [0, 0.1) is 0 Å². The maximum Gasteiger partial charge on any atom is 0.322 e. The Morgan fingerprint density at radius 1 is 1.50 bits per heavy atom. The van der Waals surface area contributed by atoms with Gasteiger partial charge in [0.05, 0.1) is 5.69 Å². The van der Waals surface area contributed by atoms with Crippen molar-refractivity contribution in [1.29, 1.82) is 0 Å². The van der Waals surface area contributed by atoms with E-state index in [-0.39, 0.29) is 6.54 Å². The van der Waals surface area contributed by atoms with Crippen LogP contribution in [0.15, 0.2) is 29.6 Å². The first kappa shape index (κ1) is 10.9. The Balaban J connectivity index is 2.13. The number of carboxylic acids is 1. The van der Waals surface area contributed by atoms with E-state index < -0.39 is 12.0 Å². The predicted molar refractivity (Wildman–Crippen MR) is 65.9 cm³/mol. The Hall–Kier alpha value is -1.59. The largest absolute Gasteiger partial charge is 0.480 e. The van der Waals surface area contributed by atoms with Gasteiger partial charge in [0.2, 0.25) is 0 Å². The van der Waals surface area contributed by atoms with E-state index in [9.17, 15) is 4.79 Å². The minimum absolute atomic E-state index is 0.232. The van der Waals surface area contributed by atoms with Crippen LogP contribution in [0.3, 0.4) is 0 Å². The third-order valence-corrected chi connectivity index (χ3v) is 3.27. The van der Waals surface area contributed by atoms with Gasteiger partial charge in [0.15, 0.2) is 0 Å². The lowest BCUT2D eigenvalue weighted by Gasteiger charge is -2.08. The van der Waals surface area contributed by atoms with Gasteiger partial charge in [-0.25, -0.2) is 0 Å². The smallest absolute Gasteiger partial charge is 0.322 e. The van der Waals surface area contributed by atoms with Crippen molar-refractivity contribution in [2.24, 2.45) is 5.73 Å². The Bertz CT molecular complexity index is 509. The lowest BCUT2D eigenvalue weighted by atomic mass is 10.2. The molecule has 1 atom stereocenters. The van der Waals surface area contributed by atoms with Crippen LogP contribution in [-0.2, 0) is 4.79 Å². The summed E-state index contributed by atoms with van der Waals surface area (Å²) in [6.45, 7) is 0.232. The first-order chi connectivity index (χ1) is 7.68. The van der Waals surface area contributed by atoms with Gasteiger partial charge < -0.3 is 16.2 Å². The Kier molecular flexibility index (Phi) is 3.07. The molecule has 0 radical (unpaired) electrons. The van der Waals surface area contributed by atoms with E-state index >= 15 is 0 Å². The molecule has 0 fully saturated rings. The van der Waals surface area contributed by atoms with Crippen LogP contribution in [-0.4, -0.2) is 23.7 Å². The summed E-state index contributed by atoms with van der Waals surface area (Å²) >= 11 is 1.62. The number of rotatable bonds is 4. The molecule has 0 saturated heterocycles. The van der Waals surface area contributed by atoms with Crippen LogP contribution in [0.2, 0.25) is 0 Å². The zero-order valence-corrected chi connectivity index (χ0v) is 9.33. The fourth-order valence-corrected chi connectivity index (χ4v) is 2.34. The molecule has 1 unspecified atom stereocenters. The molecule has 0 bridgehead atoms. The van der Waals surface area contributed by atoms with Gasteiger partial charge in [0.1, 0.15) is 6.04 Å². The number of fused-ring (bicyclic) bond motifs is 1. The molecule has 5 heteroatoms. The van der Waals surface area contributed by atoms with Crippen molar-refractivity contribution in [2.45, 2.75) is 6.04 Å². The standard InChI is InChI=1S/C11H12N2O2S/c12-8(11(14)15)5-13-9-6-16-10-4-2-1-3-7(9)10/h1-4,6,8,13H,5,12H2,(H,14,15). The topological polar surface area (TPSA) is 75.3 Å². The van der Waals surface area contributed by atoms with E-state index in [2.05, 4.69) is 5.32 Å². The zero-order chi connectivity index (χ0) is 11.5. The highest BCUT2D eigenvalue weighted by atomic mass is 32.1. The quantitative estimate of drug-likeness (QED) is 0.755. The number of nitrogens with one attached hydrogen (secondary N) is 1. The van der Waals surface area contributed by atoms with E-state index in [1.807, 2.05) is 29.6 Å². The molecule has 0 aliphatic carbocycles. The van der Waals surface area contributed by atoms with Crippen molar-refractivity contribution in [1.82, 2.24) is 0 Å². The van der Waals surface area contributed by atoms with E-state index in [0.717, 1.165) is 11.1 Å². The normalized spacial score (nSPS) is 12.6. The van der Waals surface area contributed by atoms with Crippen LogP contribution in [0.1, 0.15) is 0 Å². The third kappa shape index (κ3) is 2.15. The number of thiophene rings is 1. The SMILES string of the molecule is NC(CNc1csc2ccccc12)C(=O)O. The summed E-state index contributed by atoms with van der Waals surface area (Å²) in [4.78, 5) is 10.6. The van der Waals surface area contributed by atoms with Gasteiger partial charge >= 0.3 is 5.97 Å². The molecule has 0 amide bonds. The number of anilines is 1. The summed E-state index contributed by atoms with van der Waals surface area (Å²) < 4.78 is 1.17. The molecule has 1 aromatic carbocycles. The molecule has 0 saturated carbocycles. The van der Waals surface area contributed by atoms with Crippen LogP contribution < -0.4 is 11.1 Å². The van der Waals surface area contributed by atoms with Crippen LogP contribution in [0.25, 0.3) is 10.1 Å². The Morgan fingerprint density at radius 3 is 3.00 bits per heavy atom. The molecule has 1 aromatic heterocycles. The van der Waals surface area contributed by atoms with Crippen molar-refractivity contribution in [3.05, 3.63) is 29.6 Å². The van der Waals surface area contributed by atoms with Gasteiger partial charge in [-0.3, -0.25) is 4.79 Å². The van der Waals surface area contributed by atoms with Crippen molar-refractivity contribution in [2.75, 3.05) is 11.9 Å². The molecule has 1 heterocycles. The highest BCUT2D eigenvalue weighted by molar-refractivity contribution is 7.17. The maximum absolute atomic E-state index is 10.6. The zero-order valence-electron chi connectivity index (χ0n) is 8.51. The molecule has 2 rings (SSSR count). The van der Waals surface area contributed by atoms with Gasteiger partial charge in [0.25, 0.3) is 0 Å². The summed E-state index contributed by atoms with van der Waals surface area (Å²) in [5, 5.41) is 14.8. The van der Waals surface area contributed by atoms with E-state index in [1.165, 1.54) is 4.70 Å². The van der Waals surface area contributed by atoms with Crippen molar-refractivity contribution < 1.29 is 9.90 Å².